The molecule has 0 aliphatic heterocycles. The van der Waals surface area contributed by atoms with Crippen molar-refractivity contribution in [1.29, 1.82) is 0 Å². The second-order valence-corrected chi connectivity index (χ2v) is 7.68. The molecule has 2 atom stereocenters. The molecular weight excluding hydrogens is 412 g/mol. The zero-order valence-corrected chi connectivity index (χ0v) is 17.9. The molecule has 0 radical (unpaired) electrons. The van der Waals surface area contributed by atoms with E-state index in [1.165, 1.54) is 23.9 Å². The van der Waals surface area contributed by atoms with Gasteiger partial charge in [0.15, 0.2) is 0 Å². The van der Waals surface area contributed by atoms with Crippen LogP contribution >= 0.6 is 0 Å². The van der Waals surface area contributed by atoms with Crippen LogP contribution in [0.25, 0.3) is 0 Å². The summed E-state index contributed by atoms with van der Waals surface area (Å²) in [5.41, 5.74) is 2.98. The number of nitrogens with zero attached hydrogens (tertiary/aromatic N) is 1. The molecule has 5 nitrogen and oxygen atoms in total. The van der Waals surface area contributed by atoms with E-state index < -0.39 is 29.7 Å². The van der Waals surface area contributed by atoms with Gasteiger partial charge in [0.1, 0.15) is 11.6 Å². The van der Waals surface area contributed by atoms with Crippen LogP contribution in [0, 0.1) is 11.6 Å². The topological polar surface area (TPSA) is 74.2 Å². The molecule has 1 amide bonds. The van der Waals surface area contributed by atoms with Crippen molar-refractivity contribution < 1.29 is 18.7 Å². The lowest BCUT2D eigenvalue weighted by atomic mass is 10.00. The van der Waals surface area contributed by atoms with Gasteiger partial charge in [0.25, 0.3) is 5.91 Å². The second kappa shape index (κ2) is 11.5. The molecule has 2 unspecified atom stereocenters. The molecule has 32 heavy (non-hydrogen) atoms. The van der Waals surface area contributed by atoms with Crippen molar-refractivity contribution in [2.24, 2.45) is 0 Å². The summed E-state index contributed by atoms with van der Waals surface area (Å²) >= 11 is 0. The summed E-state index contributed by atoms with van der Waals surface area (Å²) in [4.78, 5) is 16.5. The van der Waals surface area contributed by atoms with Crippen molar-refractivity contribution >= 4 is 5.91 Å². The summed E-state index contributed by atoms with van der Waals surface area (Å²) in [6.07, 6.45) is 2.98. The lowest BCUT2D eigenvalue weighted by molar-refractivity contribution is 0.0829. The predicted octanol–water partition coefficient (Wildman–Crippen LogP) is 3.41. The number of aryl methyl sites for hydroxylation is 1. The quantitative estimate of drug-likeness (QED) is 0.453. The first-order valence-electron chi connectivity index (χ1n) is 10.6. The highest BCUT2D eigenvalue weighted by molar-refractivity contribution is 5.94. The number of aromatic nitrogens is 1. The van der Waals surface area contributed by atoms with Crippen molar-refractivity contribution in [3.63, 3.8) is 0 Å². The van der Waals surface area contributed by atoms with Crippen LogP contribution in [0.1, 0.15) is 34.0 Å². The van der Waals surface area contributed by atoms with Gasteiger partial charge >= 0.3 is 0 Å². The van der Waals surface area contributed by atoms with Crippen molar-refractivity contribution in [2.45, 2.75) is 38.5 Å². The van der Waals surface area contributed by atoms with Crippen molar-refractivity contribution in [2.75, 3.05) is 6.54 Å². The van der Waals surface area contributed by atoms with Gasteiger partial charge in [-0.2, -0.15) is 0 Å². The standard InChI is InChI=1S/C25H27F2N3O2/c1-2-17-5-3-6-18(9-17)14-29-16-24(31)23(12-19-10-21(26)13-22(27)11-19)30-25(32)20-7-4-8-28-15-20/h3-11,13,15,23-24,29,31H,2,12,14,16H2,1H3,(H,30,32). The first-order chi connectivity index (χ1) is 15.4. The summed E-state index contributed by atoms with van der Waals surface area (Å²) in [5.74, 6) is -1.84. The fourth-order valence-electron chi connectivity index (χ4n) is 3.48. The van der Waals surface area contributed by atoms with Crippen molar-refractivity contribution in [3.8, 4) is 0 Å². The van der Waals surface area contributed by atoms with Gasteiger partial charge < -0.3 is 15.7 Å². The molecule has 168 valence electrons. The number of hydrogen-bond acceptors (Lipinski definition) is 4. The highest BCUT2D eigenvalue weighted by atomic mass is 19.1. The Morgan fingerprint density at radius 3 is 2.47 bits per heavy atom. The average Bonchev–Trinajstić information content (AvgIpc) is 2.78. The second-order valence-electron chi connectivity index (χ2n) is 7.68. The largest absolute Gasteiger partial charge is 0.390 e. The maximum Gasteiger partial charge on any atom is 0.253 e. The Kier molecular flexibility index (Phi) is 8.41. The van der Waals surface area contributed by atoms with Gasteiger partial charge in [-0.15, -0.1) is 0 Å². The Labute approximate surface area is 186 Å². The molecule has 0 aliphatic rings. The highest BCUT2D eigenvalue weighted by Crippen LogP contribution is 2.13. The third-order valence-electron chi connectivity index (χ3n) is 5.16. The van der Waals surface area contributed by atoms with Gasteiger partial charge in [0.05, 0.1) is 17.7 Å². The van der Waals surface area contributed by atoms with Gasteiger partial charge in [0, 0.05) is 31.5 Å². The molecule has 0 fully saturated rings. The maximum atomic E-state index is 13.6. The van der Waals surface area contributed by atoms with E-state index >= 15 is 0 Å². The Balaban J connectivity index is 1.68. The van der Waals surface area contributed by atoms with Crippen LogP contribution in [-0.4, -0.2) is 34.7 Å². The third kappa shape index (κ3) is 6.93. The molecular formula is C25H27F2N3O2. The van der Waals surface area contributed by atoms with Gasteiger partial charge in [-0.1, -0.05) is 31.2 Å². The minimum atomic E-state index is -0.990. The maximum absolute atomic E-state index is 13.6. The number of aliphatic hydroxyl groups is 1. The van der Waals surface area contributed by atoms with E-state index in [0.29, 0.717) is 17.7 Å². The zero-order chi connectivity index (χ0) is 22.9. The molecule has 0 saturated carbocycles. The van der Waals surface area contributed by atoms with E-state index in [9.17, 15) is 18.7 Å². The van der Waals surface area contributed by atoms with Crippen molar-refractivity contribution in [1.82, 2.24) is 15.6 Å². The molecule has 0 aliphatic carbocycles. The predicted molar refractivity (Wildman–Crippen MR) is 119 cm³/mol. The van der Waals surface area contributed by atoms with Gasteiger partial charge in [-0.25, -0.2) is 8.78 Å². The minimum Gasteiger partial charge on any atom is -0.390 e. The van der Waals surface area contributed by atoms with Crippen LogP contribution in [-0.2, 0) is 19.4 Å². The number of carbonyl (C=O) groups is 1. The summed E-state index contributed by atoms with van der Waals surface area (Å²) in [6.45, 7) is 2.82. The van der Waals surface area contributed by atoms with E-state index in [1.54, 1.807) is 18.3 Å². The summed E-state index contributed by atoms with van der Waals surface area (Å²) in [6, 6.07) is 13.8. The van der Waals surface area contributed by atoms with E-state index in [1.807, 2.05) is 12.1 Å². The summed E-state index contributed by atoms with van der Waals surface area (Å²) in [5, 5.41) is 16.8. The summed E-state index contributed by atoms with van der Waals surface area (Å²) < 4.78 is 27.3. The molecule has 3 rings (SSSR count). The normalized spacial score (nSPS) is 12.9. The molecule has 1 heterocycles. The molecule has 3 N–H and O–H groups in total. The van der Waals surface area contributed by atoms with Crippen LogP contribution in [0.4, 0.5) is 8.78 Å². The highest BCUT2D eigenvalue weighted by Gasteiger charge is 2.23. The fourth-order valence-corrected chi connectivity index (χ4v) is 3.48. The van der Waals surface area contributed by atoms with E-state index in [4.69, 9.17) is 0 Å². The van der Waals surface area contributed by atoms with Crippen LogP contribution < -0.4 is 10.6 Å². The van der Waals surface area contributed by atoms with E-state index in [0.717, 1.165) is 18.1 Å². The first-order valence-corrected chi connectivity index (χ1v) is 10.6. The van der Waals surface area contributed by atoms with Crippen molar-refractivity contribution in [3.05, 3.63) is 101 Å². The van der Waals surface area contributed by atoms with E-state index in [-0.39, 0.29) is 13.0 Å². The molecule has 1 aromatic heterocycles. The monoisotopic (exact) mass is 439 g/mol. The number of carbonyl (C=O) groups excluding carboxylic acids is 1. The number of aliphatic hydroxyl groups excluding tert-OH is 1. The number of benzene rings is 2. The van der Waals surface area contributed by atoms with Crippen LogP contribution in [0.5, 0.6) is 0 Å². The van der Waals surface area contributed by atoms with Crippen LogP contribution in [0.2, 0.25) is 0 Å². The molecule has 7 heteroatoms. The number of nitrogens with one attached hydrogen (secondary N) is 2. The number of halogens is 2. The lowest BCUT2D eigenvalue weighted by Gasteiger charge is -2.25. The Morgan fingerprint density at radius 2 is 1.78 bits per heavy atom. The third-order valence-corrected chi connectivity index (χ3v) is 5.16. The zero-order valence-electron chi connectivity index (χ0n) is 17.9. The summed E-state index contributed by atoms with van der Waals surface area (Å²) in [7, 11) is 0. The molecule has 0 saturated heterocycles. The Bertz CT molecular complexity index is 1010. The van der Waals surface area contributed by atoms with E-state index in [2.05, 4.69) is 34.7 Å². The van der Waals surface area contributed by atoms with Crippen LogP contribution in [0.3, 0.4) is 0 Å². The molecule has 0 bridgehead atoms. The molecule has 0 spiro atoms. The Hall–Kier alpha value is -3.16. The SMILES string of the molecule is CCc1cccc(CNCC(O)C(Cc2cc(F)cc(F)c2)NC(=O)c2cccnc2)c1. The van der Waals surface area contributed by atoms with Gasteiger partial charge in [0.2, 0.25) is 0 Å². The molecule has 2 aromatic carbocycles. The number of pyridine rings is 1. The minimum absolute atomic E-state index is 0.0643. The van der Waals surface area contributed by atoms with Gasteiger partial charge in [-0.3, -0.25) is 9.78 Å². The fraction of sp³-hybridized carbons (Fsp3) is 0.280. The Morgan fingerprint density at radius 1 is 1.03 bits per heavy atom. The average molecular weight is 440 g/mol. The van der Waals surface area contributed by atoms with Gasteiger partial charge in [-0.05, 0) is 53.8 Å². The number of amides is 1. The first kappa shape index (κ1) is 23.5. The van der Waals surface area contributed by atoms with Crippen LogP contribution in [0.15, 0.2) is 67.0 Å². The number of rotatable bonds is 10. The smallest absolute Gasteiger partial charge is 0.253 e. The molecule has 3 aromatic rings. The lowest BCUT2D eigenvalue weighted by Crippen LogP contribution is -2.48. The number of hydrogen-bond donors (Lipinski definition) is 3.